The molecule has 2 unspecified atom stereocenters. The third-order valence-corrected chi connectivity index (χ3v) is 4.06. The number of methoxy groups -OCH3 is 2. The van der Waals surface area contributed by atoms with Crippen LogP contribution in [0.5, 0.6) is 11.5 Å². The molecule has 0 aromatic heterocycles. The van der Waals surface area contributed by atoms with E-state index in [0.717, 1.165) is 47.4 Å². The molecule has 2 atom stereocenters. The Labute approximate surface area is 122 Å². The second kappa shape index (κ2) is 6.59. The van der Waals surface area contributed by atoms with Gasteiger partial charge in [-0.2, -0.15) is 0 Å². The SMILES string of the molecule is COc1cc(C(N)CC2CCCO2)c(OC)cc1Br. The van der Waals surface area contributed by atoms with Crippen LogP contribution in [0, 0.1) is 0 Å². The number of halogens is 1. The van der Waals surface area contributed by atoms with Gasteiger partial charge in [-0.05, 0) is 47.3 Å². The van der Waals surface area contributed by atoms with Gasteiger partial charge in [0.2, 0.25) is 0 Å². The molecule has 19 heavy (non-hydrogen) atoms. The second-order valence-electron chi connectivity index (χ2n) is 4.71. The molecule has 1 heterocycles. The minimum Gasteiger partial charge on any atom is -0.496 e. The average Bonchev–Trinajstić information content (AvgIpc) is 2.91. The molecule has 0 bridgehead atoms. The van der Waals surface area contributed by atoms with Crippen LogP contribution in [-0.4, -0.2) is 26.9 Å². The molecule has 1 aromatic rings. The van der Waals surface area contributed by atoms with Crippen molar-refractivity contribution >= 4 is 15.9 Å². The van der Waals surface area contributed by atoms with Crippen LogP contribution >= 0.6 is 15.9 Å². The van der Waals surface area contributed by atoms with Crippen LogP contribution in [0.2, 0.25) is 0 Å². The van der Waals surface area contributed by atoms with Gasteiger partial charge in [0.05, 0.1) is 24.8 Å². The number of rotatable bonds is 5. The standard InChI is InChI=1S/C14H20BrNO3/c1-17-13-8-11(15)14(18-2)7-10(13)12(16)6-9-4-3-5-19-9/h7-9,12H,3-6,16H2,1-2H3. The van der Waals surface area contributed by atoms with Crippen molar-refractivity contribution < 1.29 is 14.2 Å². The van der Waals surface area contributed by atoms with Crippen LogP contribution < -0.4 is 15.2 Å². The maximum absolute atomic E-state index is 6.29. The first-order chi connectivity index (χ1) is 9.15. The van der Waals surface area contributed by atoms with E-state index in [1.165, 1.54) is 0 Å². The smallest absolute Gasteiger partial charge is 0.133 e. The van der Waals surface area contributed by atoms with Gasteiger partial charge >= 0.3 is 0 Å². The molecule has 5 heteroatoms. The van der Waals surface area contributed by atoms with Gasteiger partial charge in [-0.1, -0.05) is 0 Å². The normalized spacial score (nSPS) is 20.3. The van der Waals surface area contributed by atoms with Crippen molar-refractivity contribution in [2.24, 2.45) is 5.73 Å². The largest absolute Gasteiger partial charge is 0.496 e. The Morgan fingerprint density at radius 2 is 2.11 bits per heavy atom. The molecule has 2 N–H and O–H groups in total. The van der Waals surface area contributed by atoms with E-state index in [9.17, 15) is 0 Å². The first kappa shape index (κ1) is 14.6. The fourth-order valence-electron chi connectivity index (χ4n) is 2.41. The van der Waals surface area contributed by atoms with Crippen LogP contribution in [0.4, 0.5) is 0 Å². The van der Waals surface area contributed by atoms with Crippen molar-refractivity contribution in [3.63, 3.8) is 0 Å². The summed E-state index contributed by atoms with van der Waals surface area (Å²) < 4.78 is 17.2. The third-order valence-electron chi connectivity index (χ3n) is 3.44. The van der Waals surface area contributed by atoms with Gasteiger partial charge in [-0.3, -0.25) is 0 Å². The Hall–Kier alpha value is -0.780. The lowest BCUT2D eigenvalue weighted by Gasteiger charge is -2.20. The van der Waals surface area contributed by atoms with Crippen LogP contribution in [0.1, 0.15) is 30.9 Å². The first-order valence-corrected chi connectivity index (χ1v) is 7.23. The Morgan fingerprint density at radius 3 is 2.68 bits per heavy atom. The number of hydrogen-bond acceptors (Lipinski definition) is 4. The van der Waals surface area contributed by atoms with Gasteiger partial charge in [-0.25, -0.2) is 0 Å². The molecule has 0 radical (unpaired) electrons. The zero-order valence-corrected chi connectivity index (χ0v) is 12.9. The molecular weight excluding hydrogens is 310 g/mol. The van der Waals surface area contributed by atoms with Crippen molar-refractivity contribution in [3.8, 4) is 11.5 Å². The number of ether oxygens (including phenoxy) is 3. The molecule has 0 saturated carbocycles. The summed E-state index contributed by atoms with van der Waals surface area (Å²) in [6.07, 6.45) is 3.28. The lowest BCUT2D eigenvalue weighted by atomic mass is 9.99. The Balaban J connectivity index is 2.20. The fourth-order valence-corrected chi connectivity index (χ4v) is 2.90. The highest BCUT2D eigenvalue weighted by molar-refractivity contribution is 9.10. The van der Waals surface area contributed by atoms with Gasteiger partial charge in [-0.15, -0.1) is 0 Å². The van der Waals surface area contributed by atoms with Gasteiger partial charge in [0.15, 0.2) is 0 Å². The number of nitrogens with two attached hydrogens (primary N) is 1. The van der Waals surface area contributed by atoms with Crippen LogP contribution in [0.25, 0.3) is 0 Å². The maximum atomic E-state index is 6.29. The van der Waals surface area contributed by atoms with Crippen LogP contribution in [0.15, 0.2) is 16.6 Å². The van der Waals surface area contributed by atoms with Crippen molar-refractivity contribution in [1.82, 2.24) is 0 Å². The topological polar surface area (TPSA) is 53.7 Å². The third kappa shape index (κ3) is 3.41. The summed E-state index contributed by atoms with van der Waals surface area (Å²) in [6, 6.07) is 3.71. The number of benzene rings is 1. The quantitative estimate of drug-likeness (QED) is 0.902. The van der Waals surface area contributed by atoms with E-state index >= 15 is 0 Å². The van der Waals surface area contributed by atoms with Gasteiger partial charge in [0.1, 0.15) is 11.5 Å². The molecule has 106 valence electrons. The van der Waals surface area contributed by atoms with E-state index in [1.807, 2.05) is 12.1 Å². The summed E-state index contributed by atoms with van der Waals surface area (Å²) in [5.74, 6) is 1.54. The van der Waals surface area contributed by atoms with E-state index < -0.39 is 0 Å². The minimum atomic E-state index is -0.111. The predicted octanol–water partition coefficient (Wildman–Crippen LogP) is 3.04. The van der Waals surface area contributed by atoms with Crippen LogP contribution in [-0.2, 0) is 4.74 Å². The molecular formula is C14H20BrNO3. The molecule has 0 aliphatic carbocycles. The summed E-state index contributed by atoms with van der Waals surface area (Å²) >= 11 is 3.45. The van der Waals surface area contributed by atoms with Crippen molar-refractivity contribution in [3.05, 3.63) is 22.2 Å². The highest BCUT2D eigenvalue weighted by atomic mass is 79.9. The lowest BCUT2D eigenvalue weighted by Crippen LogP contribution is -2.19. The summed E-state index contributed by atoms with van der Waals surface area (Å²) in [4.78, 5) is 0. The van der Waals surface area contributed by atoms with Crippen molar-refractivity contribution in [2.45, 2.75) is 31.4 Å². The molecule has 0 amide bonds. The Morgan fingerprint density at radius 1 is 1.37 bits per heavy atom. The monoisotopic (exact) mass is 329 g/mol. The molecule has 2 rings (SSSR count). The average molecular weight is 330 g/mol. The minimum absolute atomic E-state index is 0.111. The van der Waals surface area contributed by atoms with E-state index in [-0.39, 0.29) is 12.1 Å². The molecule has 1 saturated heterocycles. The zero-order chi connectivity index (χ0) is 13.8. The zero-order valence-electron chi connectivity index (χ0n) is 11.3. The first-order valence-electron chi connectivity index (χ1n) is 6.44. The molecule has 1 fully saturated rings. The summed E-state index contributed by atoms with van der Waals surface area (Å²) in [5, 5.41) is 0. The lowest BCUT2D eigenvalue weighted by molar-refractivity contribution is 0.0981. The highest BCUT2D eigenvalue weighted by Gasteiger charge is 2.22. The Kier molecular flexibility index (Phi) is 5.07. The maximum Gasteiger partial charge on any atom is 0.133 e. The molecule has 1 aliphatic heterocycles. The molecule has 0 spiro atoms. The van der Waals surface area contributed by atoms with E-state index in [1.54, 1.807) is 14.2 Å². The molecule has 1 aromatic carbocycles. The van der Waals surface area contributed by atoms with Gasteiger partial charge in [0, 0.05) is 18.2 Å². The predicted molar refractivity (Wildman–Crippen MR) is 77.8 cm³/mol. The van der Waals surface area contributed by atoms with E-state index in [2.05, 4.69) is 15.9 Å². The summed E-state index contributed by atoms with van der Waals surface area (Å²) in [6.45, 7) is 0.845. The highest BCUT2D eigenvalue weighted by Crippen LogP contribution is 2.37. The van der Waals surface area contributed by atoms with Crippen molar-refractivity contribution in [2.75, 3.05) is 20.8 Å². The number of hydrogen-bond donors (Lipinski definition) is 1. The van der Waals surface area contributed by atoms with Gasteiger partial charge < -0.3 is 19.9 Å². The van der Waals surface area contributed by atoms with Crippen molar-refractivity contribution in [1.29, 1.82) is 0 Å². The van der Waals surface area contributed by atoms with E-state index in [0.29, 0.717) is 0 Å². The summed E-state index contributed by atoms with van der Waals surface area (Å²) in [5.41, 5.74) is 7.25. The molecule has 1 aliphatic rings. The van der Waals surface area contributed by atoms with E-state index in [4.69, 9.17) is 19.9 Å². The molecule has 4 nitrogen and oxygen atoms in total. The fraction of sp³-hybridized carbons (Fsp3) is 0.571. The van der Waals surface area contributed by atoms with Gasteiger partial charge in [0.25, 0.3) is 0 Å². The summed E-state index contributed by atoms with van der Waals surface area (Å²) in [7, 11) is 3.29. The second-order valence-corrected chi connectivity index (χ2v) is 5.56. The van der Waals surface area contributed by atoms with Crippen LogP contribution in [0.3, 0.4) is 0 Å². The Bertz CT molecular complexity index is 433.